The van der Waals surface area contributed by atoms with E-state index in [-0.39, 0.29) is 11.9 Å². The number of allylic oxidation sites excluding steroid dienone is 1. The first-order valence-electron chi connectivity index (χ1n) is 4.36. The number of ketones is 1. The van der Waals surface area contributed by atoms with Gasteiger partial charge < -0.3 is 9.84 Å². The van der Waals surface area contributed by atoms with Crippen molar-refractivity contribution in [1.29, 1.82) is 0 Å². The van der Waals surface area contributed by atoms with E-state index in [0.717, 1.165) is 0 Å². The van der Waals surface area contributed by atoms with Crippen molar-refractivity contribution in [2.45, 2.75) is 25.2 Å². The molecule has 3 heteroatoms. The molecule has 1 aliphatic heterocycles. The molecule has 0 saturated carbocycles. The van der Waals surface area contributed by atoms with Gasteiger partial charge in [-0.1, -0.05) is 18.4 Å². The number of aliphatic hydroxyl groups is 1. The minimum atomic E-state index is -0.702. The third-order valence-electron chi connectivity index (χ3n) is 2.13. The molecule has 0 aromatic heterocycles. The normalized spacial score (nSPS) is 33.7. The monoisotopic (exact) mass is 190 g/mol. The maximum absolute atomic E-state index is 11.5. The fourth-order valence-electron chi connectivity index (χ4n) is 1.37. The number of ether oxygens (including phenoxy) is 1. The largest absolute Gasteiger partial charge is 0.386 e. The lowest BCUT2D eigenvalue weighted by Crippen LogP contribution is -2.26. The number of carbonyl (C=O) groups is 1. The second kappa shape index (κ2) is 3.09. The highest BCUT2D eigenvalue weighted by Crippen LogP contribution is 2.33. The molecule has 1 saturated heterocycles. The van der Waals surface area contributed by atoms with Crippen LogP contribution >= 0.6 is 0 Å². The van der Waals surface area contributed by atoms with Gasteiger partial charge in [0.25, 0.3) is 0 Å². The van der Waals surface area contributed by atoms with E-state index in [1.165, 1.54) is 6.08 Å². The Morgan fingerprint density at radius 3 is 3.07 bits per heavy atom. The maximum atomic E-state index is 11.5. The van der Waals surface area contributed by atoms with Gasteiger partial charge in [0, 0.05) is 0 Å². The van der Waals surface area contributed by atoms with E-state index in [1.807, 2.05) is 0 Å². The number of carbonyl (C=O) groups excluding carboxylic acids is 1. The summed E-state index contributed by atoms with van der Waals surface area (Å²) < 4.78 is 5.00. The standard InChI is InChI=1S/C11H10O3/c1-6(2)3-4-7-5-8(12)10-11(14-10)9(7)13/h5,8,10-12H,1H2,2H3/t8-,10+,11-/m1/s1. The fourth-order valence-corrected chi connectivity index (χ4v) is 1.37. The summed E-state index contributed by atoms with van der Waals surface area (Å²) in [6, 6.07) is 0. The van der Waals surface area contributed by atoms with Crippen molar-refractivity contribution in [3.8, 4) is 11.8 Å². The molecule has 72 valence electrons. The molecule has 14 heavy (non-hydrogen) atoms. The van der Waals surface area contributed by atoms with Crippen LogP contribution in [-0.4, -0.2) is 29.2 Å². The van der Waals surface area contributed by atoms with Crippen LogP contribution in [0.5, 0.6) is 0 Å². The Morgan fingerprint density at radius 1 is 1.71 bits per heavy atom. The van der Waals surface area contributed by atoms with Gasteiger partial charge in [-0.05, 0) is 18.6 Å². The lowest BCUT2D eigenvalue weighted by Gasteiger charge is -2.07. The van der Waals surface area contributed by atoms with E-state index in [9.17, 15) is 9.90 Å². The second-order valence-electron chi connectivity index (χ2n) is 3.49. The summed E-state index contributed by atoms with van der Waals surface area (Å²) in [6.07, 6.45) is -0.0543. The molecule has 0 bridgehead atoms. The van der Waals surface area contributed by atoms with E-state index in [0.29, 0.717) is 11.1 Å². The van der Waals surface area contributed by atoms with Gasteiger partial charge in [0.2, 0.25) is 5.78 Å². The smallest absolute Gasteiger partial charge is 0.202 e. The van der Waals surface area contributed by atoms with Crippen molar-refractivity contribution in [2.75, 3.05) is 0 Å². The van der Waals surface area contributed by atoms with Gasteiger partial charge in [-0.25, -0.2) is 0 Å². The van der Waals surface area contributed by atoms with Crippen molar-refractivity contribution in [3.63, 3.8) is 0 Å². The zero-order valence-corrected chi connectivity index (χ0v) is 7.78. The molecule has 0 aromatic carbocycles. The number of Topliss-reactive ketones (excluding diaryl/α,β-unsaturated/α-hetero) is 1. The minimum Gasteiger partial charge on any atom is -0.386 e. The summed E-state index contributed by atoms with van der Waals surface area (Å²) in [4.78, 5) is 11.5. The summed E-state index contributed by atoms with van der Waals surface area (Å²) in [7, 11) is 0. The number of aliphatic hydroxyl groups excluding tert-OH is 1. The fraction of sp³-hybridized carbons (Fsp3) is 0.364. The van der Waals surface area contributed by atoms with Crippen LogP contribution in [0.3, 0.4) is 0 Å². The SMILES string of the molecule is C=C(C)C#CC1=C[C@@H](O)[C@@H]2O[C@@H]2C1=O. The first-order chi connectivity index (χ1) is 6.59. The lowest BCUT2D eigenvalue weighted by molar-refractivity contribution is -0.116. The first kappa shape index (κ1) is 9.20. The summed E-state index contributed by atoms with van der Waals surface area (Å²) in [5.41, 5.74) is 1.02. The molecule has 0 amide bonds. The molecule has 0 radical (unpaired) electrons. The Balaban J connectivity index is 2.23. The molecule has 0 unspecified atom stereocenters. The number of fused-ring (bicyclic) bond motifs is 1. The van der Waals surface area contributed by atoms with Crippen molar-refractivity contribution in [3.05, 3.63) is 23.8 Å². The highest BCUT2D eigenvalue weighted by molar-refractivity contribution is 6.05. The highest BCUT2D eigenvalue weighted by atomic mass is 16.6. The Hall–Kier alpha value is -1.37. The van der Waals surface area contributed by atoms with Crippen LogP contribution in [0.25, 0.3) is 0 Å². The third-order valence-corrected chi connectivity index (χ3v) is 2.13. The predicted octanol–water partition coefficient (Wildman–Crippen LogP) is 0.203. The van der Waals surface area contributed by atoms with Crippen LogP contribution in [0.15, 0.2) is 23.8 Å². The van der Waals surface area contributed by atoms with Gasteiger partial charge in [-0.2, -0.15) is 0 Å². The van der Waals surface area contributed by atoms with Gasteiger partial charge in [-0.3, -0.25) is 4.79 Å². The van der Waals surface area contributed by atoms with Gasteiger partial charge >= 0.3 is 0 Å². The molecular weight excluding hydrogens is 180 g/mol. The quantitative estimate of drug-likeness (QED) is 0.438. The van der Waals surface area contributed by atoms with Crippen LogP contribution in [0.2, 0.25) is 0 Å². The van der Waals surface area contributed by atoms with E-state index in [4.69, 9.17) is 4.74 Å². The average molecular weight is 190 g/mol. The Labute approximate surface area is 82.1 Å². The van der Waals surface area contributed by atoms with Crippen LogP contribution in [0, 0.1) is 11.8 Å². The van der Waals surface area contributed by atoms with E-state index in [2.05, 4.69) is 18.4 Å². The summed E-state index contributed by atoms with van der Waals surface area (Å²) in [6.45, 7) is 5.36. The number of hydrogen-bond acceptors (Lipinski definition) is 3. The average Bonchev–Trinajstić information content (AvgIpc) is 2.88. The molecule has 3 atom stereocenters. The first-order valence-corrected chi connectivity index (χ1v) is 4.36. The molecule has 1 fully saturated rings. The maximum Gasteiger partial charge on any atom is 0.202 e. The summed E-state index contributed by atoms with van der Waals surface area (Å²) in [5, 5.41) is 9.43. The van der Waals surface area contributed by atoms with Crippen LogP contribution in [-0.2, 0) is 9.53 Å². The zero-order valence-electron chi connectivity index (χ0n) is 7.78. The molecule has 0 spiro atoms. The molecule has 1 heterocycles. The summed E-state index contributed by atoms with van der Waals surface area (Å²) in [5.74, 6) is 5.25. The number of epoxide rings is 1. The van der Waals surface area contributed by atoms with E-state index in [1.54, 1.807) is 6.92 Å². The van der Waals surface area contributed by atoms with Gasteiger partial charge in [-0.15, -0.1) is 0 Å². The predicted molar refractivity (Wildman–Crippen MR) is 50.3 cm³/mol. The van der Waals surface area contributed by atoms with Gasteiger partial charge in [0.15, 0.2) is 6.10 Å². The highest BCUT2D eigenvalue weighted by Gasteiger charge is 2.52. The lowest BCUT2D eigenvalue weighted by atomic mass is 9.96. The molecule has 0 aromatic rings. The topological polar surface area (TPSA) is 49.8 Å². The molecule has 2 rings (SSSR count). The van der Waals surface area contributed by atoms with E-state index < -0.39 is 12.2 Å². The molecule has 2 aliphatic rings. The third kappa shape index (κ3) is 1.50. The Kier molecular flexibility index (Phi) is 2.03. The van der Waals surface area contributed by atoms with Crippen molar-refractivity contribution >= 4 is 5.78 Å². The molecule has 1 N–H and O–H groups in total. The van der Waals surface area contributed by atoms with Crippen molar-refractivity contribution in [1.82, 2.24) is 0 Å². The van der Waals surface area contributed by atoms with Crippen LogP contribution < -0.4 is 0 Å². The van der Waals surface area contributed by atoms with Crippen molar-refractivity contribution in [2.24, 2.45) is 0 Å². The number of rotatable bonds is 0. The second-order valence-corrected chi connectivity index (χ2v) is 3.49. The van der Waals surface area contributed by atoms with Crippen LogP contribution in [0.4, 0.5) is 0 Å². The minimum absolute atomic E-state index is 0.131. The van der Waals surface area contributed by atoms with Crippen LogP contribution in [0.1, 0.15) is 6.92 Å². The zero-order chi connectivity index (χ0) is 10.3. The van der Waals surface area contributed by atoms with Gasteiger partial charge in [0.1, 0.15) is 12.2 Å². The Morgan fingerprint density at radius 2 is 2.43 bits per heavy atom. The molecule has 1 aliphatic carbocycles. The number of hydrogen-bond donors (Lipinski definition) is 1. The van der Waals surface area contributed by atoms with Crippen molar-refractivity contribution < 1.29 is 14.6 Å². The van der Waals surface area contributed by atoms with E-state index >= 15 is 0 Å². The molecule has 3 nitrogen and oxygen atoms in total. The molecular formula is C11H10O3. The Bertz CT molecular complexity index is 394. The summed E-state index contributed by atoms with van der Waals surface area (Å²) >= 11 is 0. The van der Waals surface area contributed by atoms with Gasteiger partial charge in [0.05, 0.1) is 5.57 Å².